The topological polar surface area (TPSA) is 127 Å². The number of piperazine rings is 1. The highest BCUT2D eigenvalue weighted by atomic mass is 19.4. The second-order valence-electron chi connectivity index (χ2n) is 9.32. The average molecular weight is 580 g/mol. The van der Waals surface area contributed by atoms with Crippen molar-refractivity contribution in [2.75, 3.05) is 38.0 Å². The summed E-state index contributed by atoms with van der Waals surface area (Å²) in [6.07, 6.45) is -1.46. The largest absolute Gasteiger partial charge is 0.483 e. The van der Waals surface area contributed by atoms with Crippen LogP contribution in [0, 0.1) is 11.8 Å². The SMILES string of the molecule is CCN1CCN(Cc2ccc(C(=O)Nc3cc(C#Cc4ccc5cn[nH]c5n4)ccn3)cc2C(F)(F)F)CC1.O=CO. The highest BCUT2D eigenvalue weighted by Crippen LogP contribution is 2.33. The van der Waals surface area contributed by atoms with Crippen molar-refractivity contribution in [3.63, 3.8) is 0 Å². The van der Waals surface area contributed by atoms with Gasteiger partial charge in [-0.05, 0) is 54.4 Å². The van der Waals surface area contributed by atoms with Crippen LogP contribution < -0.4 is 5.32 Å². The molecule has 1 aromatic carbocycles. The average Bonchev–Trinajstić information content (AvgIpc) is 3.45. The highest BCUT2D eigenvalue weighted by Gasteiger charge is 2.34. The number of H-pyrrole nitrogens is 1. The molecule has 42 heavy (non-hydrogen) atoms. The summed E-state index contributed by atoms with van der Waals surface area (Å²) in [4.78, 5) is 34.0. The van der Waals surface area contributed by atoms with E-state index in [9.17, 15) is 18.0 Å². The number of hydrogen-bond donors (Lipinski definition) is 3. The number of hydrogen-bond acceptors (Lipinski definition) is 7. The minimum atomic E-state index is -4.59. The van der Waals surface area contributed by atoms with E-state index in [0.29, 0.717) is 30.0 Å². The van der Waals surface area contributed by atoms with Crippen molar-refractivity contribution >= 4 is 29.2 Å². The number of alkyl halides is 3. The quantitative estimate of drug-likeness (QED) is 0.240. The summed E-state index contributed by atoms with van der Waals surface area (Å²) in [5.41, 5.74) is 0.955. The lowest BCUT2D eigenvalue weighted by atomic mass is 10.0. The number of aromatic amines is 1. The van der Waals surface area contributed by atoms with Gasteiger partial charge >= 0.3 is 6.18 Å². The molecule has 0 atom stereocenters. The van der Waals surface area contributed by atoms with Crippen LogP contribution in [0.1, 0.15) is 39.7 Å². The summed E-state index contributed by atoms with van der Waals surface area (Å²) < 4.78 is 41.8. The molecule has 0 spiro atoms. The Labute approximate surface area is 239 Å². The number of nitrogens with one attached hydrogen (secondary N) is 2. The summed E-state index contributed by atoms with van der Waals surface area (Å²) in [5.74, 6) is 5.39. The third-order valence-electron chi connectivity index (χ3n) is 6.62. The number of fused-ring (bicyclic) bond motifs is 1. The van der Waals surface area contributed by atoms with Gasteiger partial charge in [0.1, 0.15) is 11.5 Å². The van der Waals surface area contributed by atoms with Gasteiger partial charge in [-0.25, -0.2) is 9.97 Å². The zero-order valence-corrected chi connectivity index (χ0v) is 22.6. The molecule has 4 heterocycles. The van der Waals surface area contributed by atoms with Gasteiger partial charge in [-0.2, -0.15) is 18.3 Å². The van der Waals surface area contributed by atoms with Gasteiger partial charge in [0.2, 0.25) is 0 Å². The van der Waals surface area contributed by atoms with Gasteiger partial charge in [0.15, 0.2) is 5.65 Å². The Morgan fingerprint density at radius 3 is 2.55 bits per heavy atom. The summed E-state index contributed by atoms with van der Waals surface area (Å²) in [7, 11) is 0. The molecule has 1 fully saturated rings. The molecule has 10 nitrogen and oxygen atoms in total. The van der Waals surface area contributed by atoms with Crippen molar-refractivity contribution in [1.29, 1.82) is 0 Å². The first-order chi connectivity index (χ1) is 20.2. The fourth-order valence-electron chi connectivity index (χ4n) is 4.42. The molecule has 4 aromatic rings. The van der Waals surface area contributed by atoms with E-state index in [0.717, 1.165) is 31.1 Å². The number of halogens is 3. The van der Waals surface area contributed by atoms with Crippen molar-refractivity contribution < 1.29 is 27.9 Å². The smallest absolute Gasteiger partial charge is 0.416 e. The second kappa shape index (κ2) is 13.7. The molecule has 1 amide bonds. The molecular weight excluding hydrogens is 551 g/mol. The van der Waals surface area contributed by atoms with Gasteiger partial charge in [-0.3, -0.25) is 19.6 Å². The van der Waals surface area contributed by atoms with E-state index in [1.807, 2.05) is 11.0 Å². The van der Waals surface area contributed by atoms with Gasteiger partial charge in [0.05, 0.1) is 11.8 Å². The number of nitrogens with zero attached hydrogens (tertiary/aromatic N) is 5. The second-order valence-corrected chi connectivity index (χ2v) is 9.32. The number of carboxylic acid groups (broad SMARTS) is 1. The Morgan fingerprint density at radius 1 is 1.10 bits per heavy atom. The first-order valence-electron chi connectivity index (χ1n) is 13.0. The van der Waals surface area contributed by atoms with Crippen LogP contribution in [0.5, 0.6) is 0 Å². The highest BCUT2D eigenvalue weighted by molar-refractivity contribution is 6.04. The Morgan fingerprint density at radius 2 is 1.83 bits per heavy atom. The fourth-order valence-corrected chi connectivity index (χ4v) is 4.42. The Balaban J connectivity index is 0.00000129. The van der Waals surface area contributed by atoms with Crippen LogP contribution in [0.15, 0.2) is 54.9 Å². The van der Waals surface area contributed by atoms with E-state index in [1.165, 1.54) is 18.3 Å². The standard InChI is InChI=1S/C28H26F3N7O.CH2O2/c1-2-37-11-13-38(14-12-37)18-22-5-4-20(16-24(22)28(29,30)31)27(39)35-25-15-19(9-10-32-25)3-7-23-8-6-21-17-33-36-26(21)34-23;2-1-3/h4-6,8-10,15-17H,2,11-14,18H2,1H3,(H,32,35,39)(H,33,34,36);1H,(H,2,3). The van der Waals surface area contributed by atoms with Crippen molar-refractivity contribution in [2.45, 2.75) is 19.6 Å². The van der Waals surface area contributed by atoms with Crippen molar-refractivity contribution in [3.8, 4) is 11.8 Å². The van der Waals surface area contributed by atoms with Gasteiger partial charge in [-0.1, -0.05) is 18.9 Å². The number of aromatic nitrogens is 4. The predicted molar refractivity (Wildman–Crippen MR) is 150 cm³/mol. The number of rotatable bonds is 5. The number of likely N-dealkylation sites (N-methyl/N-ethyl adjacent to an activating group) is 1. The van der Waals surface area contributed by atoms with E-state index < -0.39 is 17.6 Å². The molecule has 5 rings (SSSR count). The maximum Gasteiger partial charge on any atom is 0.416 e. The molecule has 0 saturated carbocycles. The lowest BCUT2D eigenvalue weighted by Crippen LogP contribution is -2.45. The lowest BCUT2D eigenvalue weighted by Gasteiger charge is -2.34. The van der Waals surface area contributed by atoms with E-state index in [4.69, 9.17) is 9.90 Å². The minimum Gasteiger partial charge on any atom is -0.483 e. The molecule has 0 aliphatic carbocycles. The predicted octanol–water partition coefficient (Wildman–Crippen LogP) is 3.86. The molecule has 218 valence electrons. The van der Waals surface area contributed by atoms with Gasteiger partial charge < -0.3 is 15.3 Å². The molecule has 0 bridgehead atoms. The number of benzene rings is 1. The van der Waals surface area contributed by atoms with E-state index in [1.54, 1.807) is 24.4 Å². The van der Waals surface area contributed by atoms with E-state index >= 15 is 0 Å². The summed E-state index contributed by atoms with van der Waals surface area (Å²) in [6.45, 7) is 5.97. The summed E-state index contributed by atoms with van der Waals surface area (Å²) in [5, 5.41) is 17.0. The maximum absolute atomic E-state index is 13.9. The van der Waals surface area contributed by atoms with Crippen LogP contribution in [0.2, 0.25) is 0 Å². The summed E-state index contributed by atoms with van der Waals surface area (Å²) >= 11 is 0. The number of carbonyl (C=O) groups excluding carboxylic acids is 1. The normalized spacial score (nSPS) is 13.9. The van der Waals surface area contributed by atoms with Crippen LogP contribution in [0.4, 0.5) is 19.0 Å². The number of anilines is 1. The molecule has 3 aromatic heterocycles. The molecule has 1 aliphatic rings. The first kappa shape index (κ1) is 30.2. The Hall–Kier alpha value is -4.80. The van der Waals surface area contributed by atoms with Crippen LogP contribution in [-0.2, 0) is 17.5 Å². The van der Waals surface area contributed by atoms with Gasteiger partial charge in [-0.15, -0.1) is 0 Å². The Kier molecular flexibility index (Phi) is 9.85. The lowest BCUT2D eigenvalue weighted by molar-refractivity contribution is -0.138. The van der Waals surface area contributed by atoms with Crippen LogP contribution in [-0.4, -0.2) is 80.2 Å². The van der Waals surface area contributed by atoms with Crippen LogP contribution >= 0.6 is 0 Å². The van der Waals surface area contributed by atoms with Crippen molar-refractivity contribution in [1.82, 2.24) is 30.0 Å². The molecular formula is C29H28F3N7O3. The van der Waals surface area contributed by atoms with Gasteiger partial charge in [0, 0.05) is 55.4 Å². The molecule has 1 aliphatic heterocycles. The van der Waals surface area contributed by atoms with E-state index in [2.05, 4.69) is 49.1 Å². The third-order valence-corrected chi connectivity index (χ3v) is 6.62. The summed E-state index contributed by atoms with van der Waals surface area (Å²) in [6, 6.07) is 10.5. The van der Waals surface area contributed by atoms with Gasteiger partial charge in [0.25, 0.3) is 12.4 Å². The van der Waals surface area contributed by atoms with Crippen LogP contribution in [0.3, 0.4) is 0 Å². The number of amides is 1. The molecule has 0 unspecified atom stereocenters. The molecule has 1 saturated heterocycles. The molecule has 0 radical (unpaired) electrons. The van der Waals surface area contributed by atoms with E-state index in [-0.39, 0.29) is 30.0 Å². The zero-order valence-electron chi connectivity index (χ0n) is 22.6. The monoisotopic (exact) mass is 579 g/mol. The zero-order chi connectivity index (χ0) is 30.1. The number of carbonyl (C=O) groups is 2. The fraction of sp³-hybridized carbons (Fsp3) is 0.276. The third kappa shape index (κ3) is 7.90. The van der Waals surface area contributed by atoms with Crippen LogP contribution in [0.25, 0.3) is 11.0 Å². The van der Waals surface area contributed by atoms with Crippen molar-refractivity contribution in [2.24, 2.45) is 0 Å². The minimum absolute atomic E-state index is 0.0998. The van der Waals surface area contributed by atoms with Crippen molar-refractivity contribution in [3.05, 3.63) is 82.8 Å². The molecule has 13 heteroatoms. The maximum atomic E-state index is 13.9. The Bertz CT molecular complexity index is 1600. The first-order valence-corrected chi connectivity index (χ1v) is 13.0. The number of pyridine rings is 2. The molecule has 3 N–H and O–H groups in total.